The van der Waals surface area contributed by atoms with E-state index in [1.54, 1.807) is 54.6 Å². The quantitative estimate of drug-likeness (QED) is 0.302. The van der Waals surface area contributed by atoms with Gasteiger partial charge in [-0.25, -0.2) is 9.36 Å². The highest BCUT2D eigenvalue weighted by atomic mass is 32.2. The van der Waals surface area contributed by atoms with Crippen LogP contribution in [-0.4, -0.2) is 56.5 Å². The second-order valence-electron chi connectivity index (χ2n) is 8.27. The number of rotatable bonds is 11. The molecular formula is C25H28N4O6S. The topological polar surface area (TPSA) is 150 Å². The normalized spacial score (nSPS) is 13.5. The van der Waals surface area contributed by atoms with Gasteiger partial charge < -0.3 is 20.7 Å². The lowest BCUT2D eigenvalue weighted by Crippen LogP contribution is -2.54. The van der Waals surface area contributed by atoms with Gasteiger partial charge in [-0.1, -0.05) is 42.5 Å². The number of H-pyrrole nitrogens is 1. The molecule has 0 radical (unpaired) electrons. The molecule has 0 aliphatic heterocycles. The van der Waals surface area contributed by atoms with Gasteiger partial charge in [-0.05, 0) is 43.0 Å². The van der Waals surface area contributed by atoms with Gasteiger partial charge in [0.25, 0.3) is 5.56 Å². The van der Waals surface area contributed by atoms with Gasteiger partial charge in [-0.15, -0.1) is 0 Å². The Morgan fingerprint density at radius 3 is 2.33 bits per heavy atom. The molecule has 10 nitrogen and oxygen atoms in total. The van der Waals surface area contributed by atoms with Gasteiger partial charge in [0.1, 0.15) is 18.1 Å². The van der Waals surface area contributed by atoms with E-state index in [9.17, 15) is 24.0 Å². The van der Waals surface area contributed by atoms with E-state index in [2.05, 4.69) is 15.6 Å². The molecule has 3 aromatic rings. The maximum absolute atomic E-state index is 13.6. The number of carbonyl (C=O) groups is 3. The number of aliphatic carboxylic acids is 1. The van der Waals surface area contributed by atoms with Crippen LogP contribution in [0, 0.1) is 0 Å². The molecule has 3 atom stereocenters. The van der Waals surface area contributed by atoms with Gasteiger partial charge in [0.15, 0.2) is 0 Å². The molecule has 11 heteroatoms. The summed E-state index contributed by atoms with van der Waals surface area (Å²) in [5.41, 5.74) is -0.321. The summed E-state index contributed by atoms with van der Waals surface area (Å²) in [4.78, 5) is 66.5. The second kappa shape index (κ2) is 12.2. The highest BCUT2D eigenvalue weighted by Gasteiger charge is 2.30. The van der Waals surface area contributed by atoms with Crippen molar-refractivity contribution in [2.45, 2.75) is 37.9 Å². The van der Waals surface area contributed by atoms with Crippen LogP contribution in [0.3, 0.4) is 0 Å². The molecule has 36 heavy (non-hydrogen) atoms. The van der Waals surface area contributed by atoms with E-state index in [0.29, 0.717) is 16.8 Å². The van der Waals surface area contributed by atoms with Crippen molar-refractivity contribution in [3.8, 4) is 0 Å². The lowest BCUT2D eigenvalue weighted by molar-refractivity contribution is -0.141. The fraction of sp³-hybridized carbons (Fsp3) is 0.320. The van der Waals surface area contributed by atoms with Crippen LogP contribution in [0.1, 0.15) is 24.9 Å². The number of nitrogens with zero attached hydrogens (tertiary/aromatic N) is 1. The summed E-state index contributed by atoms with van der Waals surface area (Å²) in [6.45, 7) is 1.32. The number of carboxylic acids is 1. The molecule has 0 aliphatic rings. The zero-order valence-electron chi connectivity index (χ0n) is 19.9. The Morgan fingerprint density at radius 2 is 1.67 bits per heavy atom. The molecule has 2 aromatic carbocycles. The lowest BCUT2D eigenvalue weighted by Gasteiger charge is -2.24. The van der Waals surface area contributed by atoms with Crippen molar-refractivity contribution in [3.63, 3.8) is 0 Å². The molecule has 4 N–H and O–H groups in total. The number of nitrogens with one attached hydrogen (secondary N) is 3. The van der Waals surface area contributed by atoms with E-state index < -0.39 is 47.2 Å². The molecule has 2 amide bonds. The molecule has 3 rings (SSSR count). The third-order valence-electron chi connectivity index (χ3n) is 5.70. The van der Waals surface area contributed by atoms with E-state index in [-0.39, 0.29) is 18.2 Å². The first kappa shape index (κ1) is 26.7. The minimum Gasteiger partial charge on any atom is -0.480 e. The van der Waals surface area contributed by atoms with Crippen molar-refractivity contribution >= 4 is 40.4 Å². The number of fused-ring (bicyclic) bond motifs is 1. The Balaban J connectivity index is 2.01. The maximum Gasteiger partial charge on any atom is 0.329 e. The smallest absolute Gasteiger partial charge is 0.329 e. The SMILES string of the molecule is CSCC[C@H](NC(=O)[C@H](Cc1ccccc1)n1c(=O)[nH]c2ccccc2c1=O)C(=O)N[C@H](C)C(=O)O. The lowest BCUT2D eigenvalue weighted by atomic mass is 10.0. The number of hydrogen-bond donors (Lipinski definition) is 4. The largest absolute Gasteiger partial charge is 0.480 e. The average molecular weight is 513 g/mol. The van der Waals surface area contributed by atoms with Crippen molar-refractivity contribution in [2.24, 2.45) is 0 Å². The Bertz CT molecular complexity index is 1350. The van der Waals surface area contributed by atoms with Crippen molar-refractivity contribution in [2.75, 3.05) is 12.0 Å². The van der Waals surface area contributed by atoms with Crippen LogP contribution in [0.4, 0.5) is 0 Å². The average Bonchev–Trinajstić information content (AvgIpc) is 2.86. The molecule has 0 unspecified atom stereocenters. The van der Waals surface area contributed by atoms with E-state index in [4.69, 9.17) is 5.11 Å². The van der Waals surface area contributed by atoms with Crippen molar-refractivity contribution in [1.29, 1.82) is 0 Å². The molecule has 0 saturated heterocycles. The zero-order chi connectivity index (χ0) is 26.2. The Morgan fingerprint density at radius 1 is 1.00 bits per heavy atom. The monoisotopic (exact) mass is 512 g/mol. The van der Waals surface area contributed by atoms with Crippen molar-refractivity contribution in [3.05, 3.63) is 81.0 Å². The molecule has 0 saturated carbocycles. The number of aromatic nitrogens is 2. The first-order valence-electron chi connectivity index (χ1n) is 11.3. The minimum atomic E-state index is -1.25. The third-order valence-corrected chi connectivity index (χ3v) is 6.34. The molecule has 1 aromatic heterocycles. The van der Waals surface area contributed by atoms with Gasteiger partial charge in [-0.2, -0.15) is 11.8 Å². The van der Waals surface area contributed by atoms with Gasteiger partial charge >= 0.3 is 11.7 Å². The highest BCUT2D eigenvalue weighted by Crippen LogP contribution is 2.15. The first-order valence-corrected chi connectivity index (χ1v) is 12.7. The van der Waals surface area contributed by atoms with Crippen LogP contribution in [0.25, 0.3) is 10.9 Å². The standard InChI is InChI=1S/C25H28N4O6S/c1-15(24(33)34)26-21(30)19(12-13-36-2)27-22(31)20(14-16-8-4-3-5-9-16)29-23(32)17-10-6-7-11-18(17)28-25(29)35/h3-11,15,19-20H,12-14H2,1-2H3,(H,26,30)(H,27,31)(H,28,35)(H,33,34)/t15-,19+,20+/m1/s1. The number of para-hydroxylation sites is 1. The van der Waals surface area contributed by atoms with Crippen LogP contribution >= 0.6 is 11.8 Å². The second-order valence-corrected chi connectivity index (χ2v) is 9.25. The van der Waals surface area contributed by atoms with Crippen molar-refractivity contribution in [1.82, 2.24) is 20.2 Å². The van der Waals surface area contributed by atoms with E-state index in [1.807, 2.05) is 6.26 Å². The summed E-state index contributed by atoms with van der Waals surface area (Å²) >= 11 is 1.46. The predicted octanol–water partition coefficient (Wildman–Crippen LogP) is 1.30. The fourth-order valence-electron chi connectivity index (χ4n) is 3.75. The summed E-state index contributed by atoms with van der Waals surface area (Å²) in [5, 5.41) is 14.4. The Hall–Kier alpha value is -3.86. The van der Waals surface area contributed by atoms with Gasteiger partial charge in [0.2, 0.25) is 11.8 Å². The van der Waals surface area contributed by atoms with Gasteiger partial charge in [-0.3, -0.25) is 19.2 Å². The summed E-state index contributed by atoms with van der Waals surface area (Å²) in [6.07, 6.45) is 2.09. The number of amides is 2. The molecule has 1 heterocycles. The number of benzene rings is 2. The Labute approximate surface area is 211 Å². The predicted molar refractivity (Wildman–Crippen MR) is 138 cm³/mol. The van der Waals surface area contributed by atoms with Crippen LogP contribution in [0.5, 0.6) is 0 Å². The minimum absolute atomic E-state index is 0.0242. The molecular weight excluding hydrogens is 484 g/mol. The van der Waals surface area contributed by atoms with E-state index >= 15 is 0 Å². The molecule has 0 bridgehead atoms. The summed E-state index contributed by atoms with van der Waals surface area (Å²) in [5.74, 6) is -2.06. The molecule has 0 fully saturated rings. The molecule has 0 aliphatic carbocycles. The van der Waals surface area contributed by atoms with Crippen LogP contribution in [0.15, 0.2) is 64.2 Å². The third kappa shape index (κ3) is 6.42. The Kier molecular flexibility index (Phi) is 9.07. The first-order chi connectivity index (χ1) is 17.2. The summed E-state index contributed by atoms with van der Waals surface area (Å²) in [6, 6.07) is 11.9. The zero-order valence-corrected chi connectivity index (χ0v) is 20.7. The summed E-state index contributed by atoms with van der Waals surface area (Å²) in [7, 11) is 0. The van der Waals surface area contributed by atoms with Crippen LogP contribution < -0.4 is 21.9 Å². The number of carbonyl (C=O) groups excluding carboxylic acids is 2. The van der Waals surface area contributed by atoms with Crippen LogP contribution in [0.2, 0.25) is 0 Å². The molecule has 0 spiro atoms. The fourth-order valence-corrected chi connectivity index (χ4v) is 4.22. The van der Waals surface area contributed by atoms with E-state index in [0.717, 1.165) is 4.57 Å². The maximum atomic E-state index is 13.6. The van der Waals surface area contributed by atoms with Gasteiger partial charge in [0, 0.05) is 6.42 Å². The van der Waals surface area contributed by atoms with Crippen molar-refractivity contribution < 1.29 is 19.5 Å². The van der Waals surface area contributed by atoms with Crippen LogP contribution in [-0.2, 0) is 20.8 Å². The summed E-state index contributed by atoms with van der Waals surface area (Å²) < 4.78 is 0.869. The van der Waals surface area contributed by atoms with Gasteiger partial charge in [0.05, 0.1) is 10.9 Å². The van der Waals surface area contributed by atoms with E-state index in [1.165, 1.54) is 18.7 Å². The number of thioether (sulfide) groups is 1. The number of carboxylic acid groups (broad SMARTS) is 1. The molecule has 190 valence electrons. The highest BCUT2D eigenvalue weighted by molar-refractivity contribution is 7.98. The number of aromatic amines is 1. The number of hydrogen-bond acceptors (Lipinski definition) is 6.